The Hall–Kier alpha value is -2.21. The topological polar surface area (TPSA) is 62.7 Å². The fourth-order valence-corrected chi connectivity index (χ4v) is 3.04. The van der Waals surface area contributed by atoms with Crippen LogP contribution in [0.1, 0.15) is 16.1 Å². The van der Waals surface area contributed by atoms with E-state index in [2.05, 4.69) is 51.6 Å². The Balaban J connectivity index is 1.94. The Labute approximate surface area is 127 Å². The molecule has 0 saturated carbocycles. The van der Waals surface area contributed by atoms with Gasteiger partial charge in [0.25, 0.3) is 0 Å². The molecule has 0 aromatic carbocycles. The van der Waals surface area contributed by atoms with E-state index in [0.717, 1.165) is 21.7 Å². The molecule has 0 saturated heterocycles. The van der Waals surface area contributed by atoms with Gasteiger partial charge in [0.05, 0.1) is 17.6 Å². The molecule has 0 amide bonds. The minimum absolute atomic E-state index is 0.629. The van der Waals surface area contributed by atoms with Gasteiger partial charge in [-0.25, -0.2) is 4.98 Å². The van der Waals surface area contributed by atoms with E-state index in [1.165, 1.54) is 10.4 Å². The van der Waals surface area contributed by atoms with Crippen LogP contribution in [0.4, 0.5) is 11.8 Å². The van der Waals surface area contributed by atoms with Gasteiger partial charge in [0.2, 0.25) is 5.95 Å². The van der Waals surface area contributed by atoms with Crippen molar-refractivity contribution in [1.82, 2.24) is 15.0 Å². The van der Waals surface area contributed by atoms with E-state index in [0.29, 0.717) is 12.5 Å². The van der Waals surface area contributed by atoms with Crippen LogP contribution in [0.3, 0.4) is 0 Å². The van der Waals surface area contributed by atoms with Gasteiger partial charge < -0.3 is 10.6 Å². The molecule has 3 aromatic heterocycles. The molecule has 3 rings (SSSR count). The molecule has 21 heavy (non-hydrogen) atoms. The quantitative estimate of drug-likeness (QED) is 0.773. The molecule has 0 aliphatic carbocycles. The average Bonchev–Trinajstić information content (AvgIpc) is 2.86. The van der Waals surface area contributed by atoms with Crippen LogP contribution in [0.15, 0.2) is 24.4 Å². The summed E-state index contributed by atoms with van der Waals surface area (Å²) in [5, 5.41) is 7.45. The molecule has 0 bridgehead atoms. The molecule has 0 unspecified atom stereocenters. The van der Waals surface area contributed by atoms with Gasteiger partial charge in [0.15, 0.2) is 0 Å². The standard InChI is InChI=1S/C15H17N5S/c1-9-5-4-6-17-12(9)8-18-13-11-7-10(2)21-14(11)20-15(16-3)19-13/h4-7H,8H2,1-3H3,(H2,16,18,19,20). The summed E-state index contributed by atoms with van der Waals surface area (Å²) < 4.78 is 0. The summed E-state index contributed by atoms with van der Waals surface area (Å²) in [5.74, 6) is 1.48. The first kappa shape index (κ1) is 13.8. The van der Waals surface area contributed by atoms with Gasteiger partial charge in [0.1, 0.15) is 10.6 Å². The van der Waals surface area contributed by atoms with Crippen molar-refractivity contribution in [1.29, 1.82) is 0 Å². The molecule has 108 valence electrons. The fourth-order valence-electron chi connectivity index (χ4n) is 2.16. The van der Waals surface area contributed by atoms with Crippen molar-refractivity contribution in [3.8, 4) is 0 Å². The number of hydrogen-bond acceptors (Lipinski definition) is 6. The number of rotatable bonds is 4. The van der Waals surface area contributed by atoms with Crippen molar-refractivity contribution >= 4 is 33.3 Å². The van der Waals surface area contributed by atoms with E-state index in [4.69, 9.17) is 0 Å². The van der Waals surface area contributed by atoms with Crippen LogP contribution in [0.5, 0.6) is 0 Å². The highest BCUT2D eigenvalue weighted by Gasteiger charge is 2.10. The maximum atomic E-state index is 4.52. The van der Waals surface area contributed by atoms with E-state index in [1.54, 1.807) is 11.3 Å². The smallest absolute Gasteiger partial charge is 0.225 e. The molecule has 5 nitrogen and oxygen atoms in total. The van der Waals surface area contributed by atoms with E-state index in [-0.39, 0.29) is 0 Å². The molecule has 0 atom stereocenters. The third kappa shape index (κ3) is 2.80. The van der Waals surface area contributed by atoms with Crippen molar-refractivity contribution in [2.45, 2.75) is 20.4 Å². The molecular weight excluding hydrogens is 282 g/mol. The molecule has 0 fully saturated rings. The van der Waals surface area contributed by atoms with Crippen LogP contribution in [-0.4, -0.2) is 22.0 Å². The summed E-state index contributed by atoms with van der Waals surface area (Å²) in [6, 6.07) is 6.13. The second kappa shape index (κ2) is 5.65. The van der Waals surface area contributed by atoms with Crippen molar-refractivity contribution in [2.24, 2.45) is 0 Å². The number of aromatic nitrogens is 3. The first-order valence-electron chi connectivity index (χ1n) is 6.77. The SMILES string of the molecule is CNc1nc(NCc2ncccc2C)c2cc(C)sc2n1. The largest absolute Gasteiger partial charge is 0.364 e. The lowest BCUT2D eigenvalue weighted by molar-refractivity contribution is 1.01. The zero-order valence-electron chi connectivity index (χ0n) is 12.3. The van der Waals surface area contributed by atoms with E-state index in [1.807, 2.05) is 19.3 Å². The normalized spacial score (nSPS) is 10.8. The molecule has 3 aromatic rings. The Morgan fingerprint density at radius 2 is 2.10 bits per heavy atom. The highest BCUT2D eigenvalue weighted by atomic mass is 32.1. The average molecular weight is 299 g/mol. The van der Waals surface area contributed by atoms with Crippen LogP contribution in [-0.2, 0) is 6.54 Å². The molecule has 6 heteroatoms. The number of fused-ring (bicyclic) bond motifs is 1. The maximum absolute atomic E-state index is 4.52. The van der Waals surface area contributed by atoms with Crippen molar-refractivity contribution in [2.75, 3.05) is 17.7 Å². The van der Waals surface area contributed by atoms with Crippen LogP contribution < -0.4 is 10.6 Å². The lowest BCUT2D eigenvalue weighted by Crippen LogP contribution is -2.07. The molecule has 0 aliphatic rings. The van der Waals surface area contributed by atoms with Crippen LogP contribution in [0.25, 0.3) is 10.2 Å². The van der Waals surface area contributed by atoms with Crippen molar-refractivity contribution in [3.63, 3.8) is 0 Å². The molecular formula is C15H17N5S. The monoisotopic (exact) mass is 299 g/mol. The zero-order valence-corrected chi connectivity index (χ0v) is 13.1. The van der Waals surface area contributed by atoms with Crippen LogP contribution >= 0.6 is 11.3 Å². The van der Waals surface area contributed by atoms with Crippen LogP contribution in [0.2, 0.25) is 0 Å². The zero-order chi connectivity index (χ0) is 14.8. The molecule has 0 radical (unpaired) electrons. The number of nitrogens with one attached hydrogen (secondary N) is 2. The Bertz CT molecular complexity index is 781. The second-order valence-electron chi connectivity index (χ2n) is 4.84. The van der Waals surface area contributed by atoms with Gasteiger partial charge >= 0.3 is 0 Å². The third-order valence-corrected chi connectivity index (χ3v) is 4.23. The number of anilines is 2. The van der Waals surface area contributed by atoms with E-state index < -0.39 is 0 Å². The summed E-state index contributed by atoms with van der Waals surface area (Å²) in [6.45, 7) is 4.79. The predicted molar refractivity (Wildman–Crippen MR) is 88.0 cm³/mol. The lowest BCUT2D eigenvalue weighted by Gasteiger charge is -2.09. The number of pyridine rings is 1. The molecule has 0 aliphatic heterocycles. The predicted octanol–water partition coefficient (Wildman–Crippen LogP) is 3.36. The number of thiophene rings is 1. The van der Waals surface area contributed by atoms with Gasteiger partial charge in [-0.1, -0.05) is 6.07 Å². The minimum Gasteiger partial charge on any atom is -0.364 e. The van der Waals surface area contributed by atoms with Crippen molar-refractivity contribution < 1.29 is 0 Å². The number of hydrogen-bond donors (Lipinski definition) is 2. The molecule has 0 spiro atoms. The van der Waals surface area contributed by atoms with Gasteiger partial charge in [-0.3, -0.25) is 4.98 Å². The minimum atomic E-state index is 0.629. The van der Waals surface area contributed by atoms with Crippen molar-refractivity contribution in [3.05, 3.63) is 40.5 Å². The number of aryl methyl sites for hydroxylation is 2. The highest BCUT2D eigenvalue weighted by Crippen LogP contribution is 2.29. The summed E-state index contributed by atoms with van der Waals surface area (Å²) >= 11 is 1.67. The Morgan fingerprint density at radius 1 is 1.24 bits per heavy atom. The van der Waals surface area contributed by atoms with Gasteiger partial charge in [-0.2, -0.15) is 4.98 Å². The third-order valence-electron chi connectivity index (χ3n) is 3.28. The summed E-state index contributed by atoms with van der Waals surface area (Å²) in [7, 11) is 1.83. The van der Waals surface area contributed by atoms with Gasteiger partial charge in [-0.15, -0.1) is 11.3 Å². The van der Waals surface area contributed by atoms with Gasteiger partial charge in [0, 0.05) is 18.1 Å². The first-order valence-corrected chi connectivity index (χ1v) is 7.59. The lowest BCUT2D eigenvalue weighted by atomic mass is 10.2. The maximum Gasteiger partial charge on any atom is 0.225 e. The molecule has 3 heterocycles. The van der Waals surface area contributed by atoms with Crippen LogP contribution in [0, 0.1) is 13.8 Å². The summed E-state index contributed by atoms with van der Waals surface area (Å²) in [5.41, 5.74) is 2.20. The Kier molecular flexibility index (Phi) is 3.70. The second-order valence-corrected chi connectivity index (χ2v) is 6.08. The van der Waals surface area contributed by atoms with E-state index >= 15 is 0 Å². The fraction of sp³-hybridized carbons (Fsp3) is 0.267. The number of nitrogens with zero attached hydrogens (tertiary/aromatic N) is 3. The summed E-state index contributed by atoms with van der Waals surface area (Å²) in [6.07, 6.45) is 1.81. The highest BCUT2D eigenvalue weighted by molar-refractivity contribution is 7.18. The summed E-state index contributed by atoms with van der Waals surface area (Å²) in [4.78, 5) is 15.6. The van der Waals surface area contributed by atoms with E-state index in [9.17, 15) is 0 Å². The first-order chi connectivity index (χ1) is 10.2. The molecule has 2 N–H and O–H groups in total. The van der Waals surface area contributed by atoms with Gasteiger partial charge in [-0.05, 0) is 31.5 Å². The Morgan fingerprint density at radius 3 is 2.86 bits per heavy atom.